The molecular weight excluding hydrogens is 466 g/mol. The monoisotopic (exact) mass is 501 g/mol. The summed E-state index contributed by atoms with van der Waals surface area (Å²) in [5, 5.41) is 25.7. The minimum atomic E-state index is -1.51. The van der Waals surface area contributed by atoms with Gasteiger partial charge in [0, 0.05) is 18.3 Å². The number of aromatic amines is 1. The normalized spacial score (nSPS) is 14.5. The molecule has 1 aromatic heterocycles. The van der Waals surface area contributed by atoms with Crippen LogP contribution in [-0.2, 0) is 25.6 Å². The first kappa shape index (κ1) is 29.4. The van der Waals surface area contributed by atoms with Crippen molar-refractivity contribution in [3.05, 3.63) is 18.2 Å². The number of nitrogens with zero attached hydrogens (tertiary/aromatic N) is 1. The van der Waals surface area contributed by atoms with E-state index in [-0.39, 0.29) is 12.8 Å². The third-order valence-corrected chi connectivity index (χ3v) is 5.60. The average molecular weight is 502 g/mol. The summed E-state index contributed by atoms with van der Waals surface area (Å²) in [6, 6.07) is -4.45. The number of hydrogen-bond acceptors (Lipinski definition) is 9. The fourth-order valence-corrected chi connectivity index (χ4v) is 3.47. The number of rotatable bonds is 17. The maximum atomic E-state index is 13.0. The fraction of sp³-hybridized carbons (Fsp3) is 0.650. The van der Waals surface area contributed by atoms with Gasteiger partial charge in [-0.25, -0.2) is 9.78 Å². The van der Waals surface area contributed by atoms with Crippen LogP contribution in [0.25, 0.3) is 0 Å². The molecule has 0 radical (unpaired) electrons. The van der Waals surface area contributed by atoms with Crippen LogP contribution in [0.1, 0.15) is 31.4 Å². The van der Waals surface area contributed by atoms with Crippen LogP contribution in [0.4, 0.5) is 0 Å². The summed E-state index contributed by atoms with van der Waals surface area (Å²) in [7, 11) is 0. The van der Waals surface area contributed by atoms with E-state index in [1.807, 2.05) is 6.26 Å². The number of thioether (sulfide) groups is 1. The van der Waals surface area contributed by atoms with Crippen molar-refractivity contribution < 1.29 is 29.4 Å². The van der Waals surface area contributed by atoms with E-state index in [0.29, 0.717) is 37.3 Å². The Hall–Kier alpha value is -2.68. The number of amides is 3. The minimum Gasteiger partial charge on any atom is -0.480 e. The van der Waals surface area contributed by atoms with Gasteiger partial charge in [0.1, 0.15) is 18.1 Å². The number of H-pyrrole nitrogens is 1. The standard InChI is InChI=1S/C20H35N7O6S/c1-34-7-5-15(25-17(29)13(22)8-12-9-23-11-24-12)19(31)26-14(4-2-3-6-21)18(30)27-16(10-28)20(32)33/h9,11,13-16,28H,2-8,10,21-22H2,1H3,(H,23,24)(H,25,29)(H,26,31)(H,27,30)(H,32,33). The van der Waals surface area contributed by atoms with Crippen LogP contribution in [-0.4, -0.2) is 93.2 Å². The zero-order valence-electron chi connectivity index (χ0n) is 19.2. The Kier molecular flexibility index (Phi) is 13.8. The summed E-state index contributed by atoms with van der Waals surface area (Å²) in [5.74, 6) is -2.73. The Morgan fingerprint density at radius 3 is 2.21 bits per heavy atom. The van der Waals surface area contributed by atoms with E-state index in [4.69, 9.17) is 16.6 Å². The smallest absolute Gasteiger partial charge is 0.328 e. The lowest BCUT2D eigenvalue weighted by atomic mass is 10.1. The first-order chi connectivity index (χ1) is 16.2. The number of carboxylic acids is 1. The highest BCUT2D eigenvalue weighted by molar-refractivity contribution is 7.98. The second-order valence-electron chi connectivity index (χ2n) is 7.66. The molecule has 4 atom stereocenters. The highest BCUT2D eigenvalue weighted by atomic mass is 32.2. The summed E-state index contributed by atoms with van der Waals surface area (Å²) < 4.78 is 0. The SMILES string of the molecule is CSCCC(NC(=O)C(N)Cc1cnc[nH]1)C(=O)NC(CCCCN)C(=O)NC(CO)C(=O)O. The summed E-state index contributed by atoms with van der Waals surface area (Å²) in [5.41, 5.74) is 12.1. The molecule has 0 saturated heterocycles. The van der Waals surface area contributed by atoms with Crippen molar-refractivity contribution in [1.29, 1.82) is 0 Å². The average Bonchev–Trinajstić information content (AvgIpc) is 3.31. The zero-order chi connectivity index (χ0) is 25.5. The third-order valence-electron chi connectivity index (χ3n) is 4.95. The molecule has 0 aromatic carbocycles. The molecule has 3 amide bonds. The zero-order valence-corrected chi connectivity index (χ0v) is 20.0. The Morgan fingerprint density at radius 1 is 1.06 bits per heavy atom. The number of carbonyl (C=O) groups excluding carboxylic acids is 3. The molecule has 1 heterocycles. The van der Waals surface area contributed by atoms with Crippen LogP contribution in [0.3, 0.4) is 0 Å². The van der Waals surface area contributed by atoms with Crippen molar-refractivity contribution >= 4 is 35.5 Å². The first-order valence-corrected chi connectivity index (χ1v) is 12.3. The number of aromatic nitrogens is 2. The molecule has 34 heavy (non-hydrogen) atoms. The Balaban J connectivity index is 2.88. The number of hydrogen-bond donors (Lipinski definition) is 8. The molecule has 14 heteroatoms. The molecule has 13 nitrogen and oxygen atoms in total. The van der Waals surface area contributed by atoms with E-state index in [0.717, 1.165) is 0 Å². The molecule has 0 bridgehead atoms. The number of nitrogens with two attached hydrogens (primary N) is 2. The van der Waals surface area contributed by atoms with E-state index in [2.05, 4.69) is 25.9 Å². The molecule has 192 valence electrons. The largest absolute Gasteiger partial charge is 0.480 e. The van der Waals surface area contributed by atoms with Crippen molar-refractivity contribution in [1.82, 2.24) is 25.9 Å². The maximum Gasteiger partial charge on any atom is 0.328 e. The molecule has 0 spiro atoms. The van der Waals surface area contributed by atoms with E-state index >= 15 is 0 Å². The van der Waals surface area contributed by atoms with E-state index in [1.165, 1.54) is 18.1 Å². The van der Waals surface area contributed by atoms with Crippen LogP contribution in [0.2, 0.25) is 0 Å². The van der Waals surface area contributed by atoms with Gasteiger partial charge in [0.2, 0.25) is 17.7 Å². The van der Waals surface area contributed by atoms with Gasteiger partial charge in [0.25, 0.3) is 0 Å². The quantitative estimate of drug-likeness (QED) is 0.106. The van der Waals surface area contributed by atoms with E-state index < -0.39 is 54.5 Å². The van der Waals surface area contributed by atoms with Gasteiger partial charge in [-0.1, -0.05) is 0 Å². The highest BCUT2D eigenvalue weighted by Crippen LogP contribution is 2.06. The predicted molar refractivity (Wildman–Crippen MR) is 127 cm³/mol. The van der Waals surface area contributed by atoms with Gasteiger partial charge in [0.15, 0.2) is 0 Å². The topological polar surface area (TPSA) is 226 Å². The molecule has 0 aliphatic carbocycles. The maximum absolute atomic E-state index is 13.0. The number of carboxylic acid groups (broad SMARTS) is 1. The first-order valence-electron chi connectivity index (χ1n) is 10.9. The van der Waals surface area contributed by atoms with Gasteiger partial charge < -0.3 is 42.6 Å². The van der Waals surface area contributed by atoms with Crippen LogP contribution >= 0.6 is 11.8 Å². The molecule has 10 N–H and O–H groups in total. The summed E-state index contributed by atoms with van der Waals surface area (Å²) >= 11 is 1.48. The van der Waals surface area contributed by atoms with Crippen molar-refractivity contribution in [3.63, 3.8) is 0 Å². The third kappa shape index (κ3) is 10.5. The van der Waals surface area contributed by atoms with Crippen molar-refractivity contribution in [2.45, 2.75) is 56.3 Å². The van der Waals surface area contributed by atoms with Crippen LogP contribution in [0, 0.1) is 0 Å². The Bertz CT molecular complexity index is 779. The lowest BCUT2D eigenvalue weighted by Gasteiger charge is -2.25. The van der Waals surface area contributed by atoms with Gasteiger partial charge in [0.05, 0.1) is 19.0 Å². The summed E-state index contributed by atoms with van der Waals surface area (Å²) in [6.07, 6.45) is 6.66. The Labute approximate surface area is 202 Å². The molecule has 1 aromatic rings. The van der Waals surface area contributed by atoms with Crippen LogP contribution < -0.4 is 27.4 Å². The van der Waals surface area contributed by atoms with Crippen LogP contribution in [0.5, 0.6) is 0 Å². The fourth-order valence-electron chi connectivity index (χ4n) is 3.00. The molecule has 0 aliphatic rings. The number of unbranched alkanes of at least 4 members (excludes halogenated alkanes) is 1. The van der Waals surface area contributed by atoms with Crippen molar-refractivity contribution in [2.24, 2.45) is 11.5 Å². The number of nitrogens with one attached hydrogen (secondary N) is 4. The van der Waals surface area contributed by atoms with Crippen LogP contribution in [0.15, 0.2) is 12.5 Å². The van der Waals surface area contributed by atoms with Crippen molar-refractivity contribution in [2.75, 3.05) is 25.2 Å². The summed E-state index contributed by atoms with van der Waals surface area (Å²) in [4.78, 5) is 56.1. The van der Waals surface area contributed by atoms with Gasteiger partial charge in [-0.2, -0.15) is 11.8 Å². The number of carbonyl (C=O) groups is 4. The number of aliphatic hydroxyl groups is 1. The van der Waals surface area contributed by atoms with Gasteiger partial charge >= 0.3 is 5.97 Å². The van der Waals surface area contributed by atoms with Gasteiger partial charge in [-0.05, 0) is 44.2 Å². The second-order valence-corrected chi connectivity index (χ2v) is 8.64. The van der Waals surface area contributed by atoms with Gasteiger partial charge in [-0.3, -0.25) is 14.4 Å². The molecule has 0 aliphatic heterocycles. The number of imidazole rings is 1. The molecule has 4 unspecified atom stereocenters. The second kappa shape index (κ2) is 16.0. The number of aliphatic hydroxyl groups excluding tert-OH is 1. The highest BCUT2D eigenvalue weighted by Gasteiger charge is 2.30. The van der Waals surface area contributed by atoms with Gasteiger partial charge in [-0.15, -0.1) is 0 Å². The minimum absolute atomic E-state index is 0.199. The molecule has 1 rings (SSSR count). The van der Waals surface area contributed by atoms with E-state index in [9.17, 15) is 24.3 Å². The lowest BCUT2D eigenvalue weighted by molar-refractivity contribution is -0.143. The number of aliphatic carboxylic acids is 1. The lowest BCUT2D eigenvalue weighted by Crippen LogP contribution is -2.57. The summed E-state index contributed by atoms with van der Waals surface area (Å²) in [6.45, 7) is -0.414. The van der Waals surface area contributed by atoms with Crippen molar-refractivity contribution in [3.8, 4) is 0 Å². The molecular formula is C20H35N7O6S. The van der Waals surface area contributed by atoms with E-state index in [1.54, 1.807) is 6.20 Å². The molecule has 0 saturated carbocycles. The predicted octanol–water partition coefficient (Wildman–Crippen LogP) is -2.31. The molecule has 0 fully saturated rings. The Morgan fingerprint density at radius 2 is 1.68 bits per heavy atom.